The van der Waals surface area contributed by atoms with E-state index < -0.39 is 27.8 Å². The van der Waals surface area contributed by atoms with Crippen molar-refractivity contribution in [2.45, 2.75) is 17.9 Å². The van der Waals surface area contributed by atoms with Crippen LogP contribution in [0, 0.1) is 5.82 Å². The van der Waals surface area contributed by atoms with E-state index in [0.29, 0.717) is 0 Å². The highest BCUT2D eigenvalue weighted by atomic mass is 35.5. The van der Waals surface area contributed by atoms with E-state index in [1.807, 2.05) is 0 Å². The molecule has 1 atom stereocenters. The Kier molecular flexibility index (Phi) is 5.99. The van der Waals surface area contributed by atoms with Gasteiger partial charge in [0.15, 0.2) is 0 Å². The van der Waals surface area contributed by atoms with Crippen LogP contribution in [0.2, 0.25) is 5.02 Å². The first-order valence-corrected chi connectivity index (χ1v) is 9.02. The van der Waals surface area contributed by atoms with Crippen molar-refractivity contribution < 1.29 is 22.3 Å². The third kappa shape index (κ3) is 4.68. The lowest BCUT2D eigenvalue weighted by molar-refractivity contribution is -0.117. The van der Waals surface area contributed by atoms with Crippen LogP contribution in [-0.4, -0.2) is 27.5 Å². The maximum Gasteiger partial charge on any atom is 0.245 e. The molecule has 6 nitrogen and oxygen atoms in total. The Labute approximate surface area is 150 Å². The Bertz CT molecular complexity index is 889. The van der Waals surface area contributed by atoms with Gasteiger partial charge in [-0.25, -0.2) is 12.8 Å². The fraction of sp³-hybridized carbons (Fsp3) is 0.188. The second-order valence-corrected chi connectivity index (χ2v) is 7.23. The molecule has 0 fully saturated rings. The van der Waals surface area contributed by atoms with Gasteiger partial charge in [0.1, 0.15) is 16.5 Å². The highest BCUT2D eigenvalue weighted by Gasteiger charge is 2.25. The van der Waals surface area contributed by atoms with Crippen LogP contribution < -0.4 is 14.8 Å². The van der Waals surface area contributed by atoms with Gasteiger partial charge in [-0.05, 0) is 37.3 Å². The number of carbonyl (C=O) groups is 1. The fourth-order valence-corrected chi connectivity index (χ4v) is 3.65. The first kappa shape index (κ1) is 19.2. The van der Waals surface area contributed by atoms with Crippen molar-refractivity contribution in [3.63, 3.8) is 0 Å². The van der Waals surface area contributed by atoms with E-state index in [1.165, 1.54) is 50.4 Å². The summed E-state index contributed by atoms with van der Waals surface area (Å²) in [7, 11) is -2.77. The zero-order valence-corrected chi connectivity index (χ0v) is 15.0. The number of carbonyl (C=O) groups excluding carboxylic acids is 1. The van der Waals surface area contributed by atoms with Gasteiger partial charge in [-0.1, -0.05) is 23.7 Å². The quantitative estimate of drug-likeness (QED) is 0.799. The molecule has 1 amide bonds. The van der Waals surface area contributed by atoms with Crippen LogP contribution in [0.1, 0.15) is 6.92 Å². The zero-order chi connectivity index (χ0) is 18.6. The van der Waals surface area contributed by atoms with Gasteiger partial charge in [-0.2, -0.15) is 4.72 Å². The molecule has 0 aliphatic carbocycles. The SMILES string of the molecule is COc1ccc(Cl)cc1S(=O)(=O)NC(C)C(=O)Nc1ccccc1F. The summed E-state index contributed by atoms with van der Waals surface area (Å²) in [5, 5.41) is 2.52. The van der Waals surface area contributed by atoms with E-state index >= 15 is 0 Å². The van der Waals surface area contributed by atoms with Crippen LogP contribution in [0.5, 0.6) is 5.75 Å². The number of hydrogen-bond acceptors (Lipinski definition) is 4. The van der Waals surface area contributed by atoms with Crippen molar-refractivity contribution in [2.24, 2.45) is 0 Å². The van der Waals surface area contributed by atoms with Crippen LogP contribution in [0.25, 0.3) is 0 Å². The Morgan fingerprint density at radius 2 is 1.92 bits per heavy atom. The van der Waals surface area contributed by atoms with Gasteiger partial charge in [0.05, 0.1) is 18.8 Å². The topological polar surface area (TPSA) is 84.5 Å². The predicted molar refractivity (Wildman–Crippen MR) is 92.8 cm³/mol. The number of ether oxygens (including phenoxy) is 1. The molecule has 1 unspecified atom stereocenters. The van der Waals surface area contributed by atoms with Crippen LogP contribution in [0.3, 0.4) is 0 Å². The molecule has 2 rings (SSSR count). The smallest absolute Gasteiger partial charge is 0.245 e. The highest BCUT2D eigenvalue weighted by Crippen LogP contribution is 2.27. The fourth-order valence-electron chi connectivity index (χ4n) is 2.01. The van der Waals surface area contributed by atoms with Gasteiger partial charge in [-0.3, -0.25) is 4.79 Å². The molecule has 0 spiro atoms. The Morgan fingerprint density at radius 1 is 1.24 bits per heavy atom. The van der Waals surface area contributed by atoms with E-state index in [0.717, 1.165) is 0 Å². The summed E-state index contributed by atoms with van der Waals surface area (Å²) in [5.41, 5.74) is -0.0427. The lowest BCUT2D eigenvalue weighted by Gasteiger charge is -2.16. The molecule has 0 aliphatic heterocycles. The molecular weight excluding hydrogens is 371 g/mol. The molecule has 25 heavy (non-hydrogen) atoms. The molecule has 2 N–H and O–H groups in total. The number of rotatable bonds is 6. The normalized spacial score (nSPS) is 12.5. The molecule has 2 aromatic rings. The van der Waals surface area contributed by atoms with Gasteiger partial charge in [0.25, 0.3) is 0 Å². The Morgan fingerprint density at radius 3 is 2.56 bits per heavy atom. The van der Waals surface area contributed by atoms with Gasteiger partial charge in [0.2, 0.25) is 15.9 Å². The zero-order valence-electron chi connectivity index (χ0n) is 13.4. The molecular formula is C16H16ClFN2O4S. The second-order valence-electron chi connectivity index (χ2n) is 5.11. The van der Waals surface area contributed by atoms with Crippen molar-refractivity contribution in [3.8, 4) is 5.75 Å². The average Bonchev–Trinajstić information content (AvgIpc) is 2.56. The van der Waals surface area contributed by atoms with E-state index in [-0.39, 0.29) is 21.4 Å². The molecule has 0 aromatic heterocycles. The molecule has 134 valence electrons. The summed E-state index contributed by atoms with van der Waals surface area (Å²) >= 11 is 5.83. The van der Waals surface area contributed by atoms with Crippen LogP contribution >= 0.6 is 11.6 Å². The first-order valence-electron chi connectivity index (χ1n) is 7.16. The standard InChI is InChI=1S/C16H16ClFN2O4S/c1-10(16(21)19-13-6-4-3-5-12(13)18)20-25(22,23)15-9-11(17)7-8-14(15)24-2/h3-10,20H,1-2H3,(H,19,21). The van der Waals surface area contributed by atoms with E-state index in [9.17, 15) is 17.6 Å². The summed E-state index contributed by atoms with van der Waals surface area (Å²) in [5.74, 6) is -1.25. The molecule has 0 saturated carbocycles. The Hall–Kier alpha value is -2.16. The summed E-state index contributed by atoms with van der Waals surface area (Å²) in [6, 6.07) is 8.51. The number of nitrogens with one attached hydrogen (secondary N) is 2. The Balaban J connectivity index is 2.19. The second kappa shape index (κ2) is 7.81. The third-order valence-electron chi connectivity index (χ3n) is 3.27. The van der Waals surface area contributed by atoms with Gasteiger partial charge in [-0.15, -0.1) is 0 Å². The maximum absolute atomic E-state index is 13.6. The van der Waals surface area contributed by atoms with Crippen molar-refractivity contribution in [3.05, 3.63) is 53.3 Å². The van der Waals surface area contributed by atoms with Crippen molar-refractivity contribution >= 4 is 33.2 Å². The third-order valence-corrected chi connectivity index (χ3v) is 5.07. The summed E-state index contributed by atoms with van der Waals surface area (Å²) in [6.45, 7) is 1.34. The van der Waals surface area contributed by atoms with Crippen molar-refractivity contribution in [1.82, 2.24) is 4.72 Å². The monoisotopic (exact) mass is 386 g/mol. The number of halogens is 2. The summed E-state index contributed by atoms with van der Waals surface area (Å²) in [6.07, 6.45) is 0. The van der Waals surface area contributed by atoms with Crippen molar-refractivity contribution in [1.29, 1.82) is 0 Å². The van der Waals surface area contributed by atoms with E-state index in [2.05, 4.69) is 10.0 Å². The number of sulfonamides is 1. The number of benzene rings is 2. The maximum atomic E-state index is 13.6. The lowest BCUT2D eigenvalue weighted by atomic mass is 10.2. The molecule has 0 bridgehead atoms. The molecule has 2 aromatic carbocycles. The molecule has 0 saturated heterocycles. The highest BCUT2D eigenvalue weighted by molar-refractivity contribution is 7.89. The first-order chi connectivity index (χ1) is 11.7. The lowest BCUT2D eigenvalue weighted by Crippen LogP contribution is -2.41. The molecule has 0 aliphatic rings. The predicted octanol–water partition coefficient (Wildman–Crippen LogP) is 2.79. The minimum absolute atomic E-state index is 0.0427. The van der Waals surface area contributed by atoms with Crippen LogP contribution in [0.4, 0.5) is 10.1 Å². The van der Waals surface area contributed by atoms with Crippen LogP contribution in [0.15, 0.2) is 47.4 Å². The minimum Gasteiger partial charge on any atom is -0.495 e. The van der Waals surface area contributed by atoms with Gasteiger partial charge >= 0.3 is 0 Å². The van der Waals surface area contributed by atoms with Gasteiger partial charge < -0.3 is 10.1 Å². The minimum atomic E-state index is -4.09. The van der Waals surface area contributed by atoms with E-state index in [4.69, 9.17) is 16.3 Å². The van der Waals surface area contributed by atoms with Crippen LogP contribution in [-0.2, 0) is 14.8 Å². The number of hydrogen-bond donors (Lipinski definition) is 2. The van der Waals surface area contributed by atoms with Gasteiger partial charge in [0, 0.05) is 5.02 Å². The molecule has 9 heteroatoms. The summed E-state index contributed by atoms with van der Waals surface area (Å²) in [4.78, 5) is 11.9. The molecule has 0 radical (unpaired) electrons. The van der Waals surface area contributed by atoms with E-state index in [1.54, 1.807) is 6.07 Å². The number of amides is 1. The largest absolute Gasteiger partial charge is 0.495 e. The molecule has 0 heterocycles. The average molecular weight is 387 g/mol. The van der Waals surface area contributed by atoms with Crippen molar-refractivity contribution in [2.75, 3.05) is 12.4 Å². The summed E-state index contributed by atoms with van der Waals surface area (Å²) < 4.78 is 45.8. The number of methoxy groups -OCH3 is 1. The number of anilines is 1. The number of para-hydroxylation sites is 1.